The van der Waals surface area contributed by atoms with E-state index in [0.29, 0.717) is 0 Å². The summed E-state index contributed by atoms with van der Waals surface area (Å²) in [6.07, 6.45) is 5.40. The summed E-state index contributed by atoms with van der Waals surface area (Å²) in [4.78, 5) is 0.258. The van der Waals surface area contributed by atoms with Gasteiger partial charge in [0.1, 0.15) is 6.04 Å². The van der Waals surface area contributed by atoms with Gasteiger partial charge >= 0.3 is 0 Å². The lowest BCUT2D eigenvalue weighted by Gasteiger charge is -2.14. The van der Waals surface area contributed by atoms with Crippen LogP contribution in [-0.2, 0) is 10.0 Å². The molecule has 0 aliphatic heterocycles. The summed E-state index contributed by atoms with van der Waals surface area (Å²) >= 11 is 0. The van der Waals surface area contributed by atoms with Gasteiger partial charge in [-0.15, -0.1) is 5.92 Å². The van der Waals surface area contributed by atoms with Crippen molar-refractivity contribution in [1.82, 2.24) is 4.72 Å². The standard InChI is InChI=1S/C22H27NO2S/c1-3-4-5-6-7-11-14-22(20-12-9-8-10-13-20)23-26(24,25)21-17-15-19(2)16-18-21/h8-10,12-13,15-18,22-23H,3-7H2,1-2H3. The predicted octanol–water partition coefficient (Wildman–Crippen LogP) is 4.99. The fourth-order valence-corrected chi connectivity index (χ4v) is 3.72. The topological polar surface area (TPSA) is 46.2 Å². The van der Waals surface area contributed by atoms with Crippen molar-refractivity contribution < 1.29 is 8.42 Å². The summed E-state index contributed by atoms with van der Waals surface area (Å²) in [5, 5.41) is 0. The van der Waals surface area contributed by atoms with Crippen molar-refractivity contribution >= 4 is 10.0 Å². The Morgan fingerprint density at radius 2 is 1.65 bits per heavy atom. The Morgan fingerprint density at radius 3 is 2.31 bits per heavy atom. The van der Waals surface area contributed by atoms with Gasteiger partial charge < -0.3 is 0 Å². The average Bonchev–Trinajstić information content (AvgIpc) is 2.64. The van der Waals surface area contributed by atoms with Crippen LogP contribution in [0.5, 0.6) is 0 Å². The van der Waals surface area contributed by atoms with Gasteiger partial charge in [0, 0.05) is 6.42 Å². The molecule has 26 heavy (non-hydrogen) atoms. The molecule has 1 atom stereocenters. The third-order valence-electron chi connectivity index (χ3n) is 4.14. The molecule has 0 saturated carbocycles. The van der Waals surface area contributed by atoms with Crippen LogP contribution in [0.3, 0.4) is 0 Å². The molecule has 0 aliphatic carbocycles. The van der Waals surface area contributed by atoms with E-state index in [1.807, 2.05) is 37.3 Å². The fraction of sp³-hybridized carbons (Fsp3) is 0.364. The zero-order chi connectivity index (χ0) is 18.8. The Kier molecular flexibility index (Phi) is 7.90. The molecule has 0 fully saturated rings. The molecule has 0 aliphatic rings. The molecule has 0 saturated heterocycles. The zero-order valence-electron chi connectivity index (χ0n) is 15.5. The molecule has 0 radical (unpaired) electrons. The lowest BCUT2D eigenvalue weighted by molar-refractivity contribution is 0.576. The number of sulfonamides is 1. The molecule has 4 heteroatoms. The summed E-state index contributed by atoms with van der Waals surface area (Å²) in [6, 6.07) is 15.8. The number of rotatable bonds is 8. The lowest BCUT2D eigenvalue weighted by Crippen LogP contribution is -2.27. The normalized spacial score (nSPS) is 12.2. The van der Waals surface area contributed by atoms with E-state index in [9.17, 15) is 8.42 Å². The lowest BCUT2D eigenvalue weighted by atomic mass is 10.1. The molecular formula is C22H27NO2S. The van der Waals surface area contributed by atoms with Crippen molar-refractivity contribution in [3.8, 4) is 11.8 Å². The Bertz CT molecular complexity index is 831. The monoisotopic (exact) mass is 369 g/mol. The van der Waals surface area contributed by atoms with Crippen molar-refractivity contribution in [2.45, 2.75) is 56.9 Å². The van der Waals surface area contributed by atoms with Gasteiger partial charge in [0.25, 0.3) is 0 Å². The van der Waals surface area contributed by atoms with E-state index in [0.717, 1.165) is 30.4 Å². The van der Waals surface area contributed by atoms with Gasteiger partial charge in [-0.1, -0.05) is 80.1 Å². The second-order valence-corrected chi connectivity index (χ2v) is 8.12. The molecule has 2 aromatic rings. The van der Waals surface area contributed by atoms with Gasteiger partial charge in [-0.25, -0.2) is 8.42 Å². The van der Waals surface area contributed by atoms with Gasteiger partial charge in [-0.3, -0.25) is 0 Å². The number of hydrogen-bond acceptors (Lipinski definition) is 2. The largest absolute Gasteiger partial charge is 0.241 e. The summed E-state index contributed by atoms with van der Waals surface area (Å²) in [6.45, 7) is 4.11. The maximum Gasteiger partial charge on any atom is 0.241 e. The highest BCUT2D eigenvalue weighted by Crippen LogP contribution is 2.17. The van der Waals surface area contributed by atoms with Crippen LogP contribution >= 0.6 is 0 Å². The number of nitrogens with one attached hydrogen (secondary N) is 1. The van der Waals surface area contributed by atoms with Crippen molar-refractivity contribution in [3.63, 3.8) is 0 Å². The summed E-state index contributed by atoms with van der Waals surface area (Å²) < 4.78 is 28.2. The van der Waals surface area contributed by atoms with E-state index in [2.05, 4.69) is 23.5 Å². The zero-order valence-corrected chi connectivity index (χ0v) is 16.4. The molecule has 138 valence electrons. The van der Waals surface area contributed by atoms with E-state index >= 15 is 0 Å². The first-order valence-electron chi connectivity index (χ1n) is 9.15. The number of aryl methyl sites for hydroxylation is 1. The van der Waals surface area contributed by atoms with Crippen LogP contribution in [0.4, 0.5) is 0 Å². The van der Waals surface area contributed by atoms with E-state index in [1.165, 1.54) is 12.8 Å². The minimum Gasteiger partial charge on any atom is -0.207 e. The molecule has 1 N–H and O–H groups in total. The van der Waals surface area contributed by atoms with E-state index in [1.54, 1.807) is 24.3 Å². The molecule has 0 spiro atoms. The highest BCUT2D eigenvalue weighted by molar-refractivity contribution is 7.89. The minimum atomic E-state index is -3.63. The van der Waals surface area contributed by atoms with Crippen molar-refractivity contribution in [1.29, 1.82) is 0 Å². The summed E-state index contributed by atoms with van der Waals surface area (Å²) in [5.41, 5.74) is 1.87. The van der Waals surface area contributed by atoms with Crippen molar-refractivity contribution in [2.24, 2.45) is 0 Å². The minimum absolute atomic E-state index is 0.258. The average molecular weight is 370 g/mol. The first-order chi connectivity index (χ1) is 12.5. The van der Waals surface area contributed by atoms with Crippen LogP contribution in [0.2, 0.25) is 0 Å². The maximum atomic E-state index is 12.7. The first kappa shape index (κ1) is 20.2. The van der Waals surface area contributed by atoms with E-state index in [-0.39, 0.29) is 4.90 Å². The van der Waals surface area contributed by atoms with Crippen LogP contribution in [0.15, 0.2) is 59.5 Å². The highest BCUT2D eigenvalue weighted by Gasteiger charge is 2.19. The fourth-order valence-electron chi connectivity index (χ4n) is 2.58. The quantitative estimate of drug-likeness (QED) is 0.526. The molecule has 0 bridgehead atoms. The van der Waals surface area contributed by atoms with Gasteiger partial charge in [-0.05, 0) is 31.0 Å². The van der Waals surface area contributed by atoms with Gasteiger partial charge in [0.05, 0.1) is 4.90 Å². The smallest absolute Gasteiger partial charge is 0.207 e. The third kappa shape index (κ3) is 6.33. The van der Waals surface area contributed by atoms with Gasteiger partial charge in [0.15, 0.2) is 0 Å². The van der Waals surface area contributed by atoms with E-state index < -0.39 is 16.1 Å². The van der Waals surface area contributed by atoms with Crippen LogP contribution in [0, 0.1) is 18.8 Å². The van der Waals surface area contributed by atoms with Crippen LogP contribution < -0.4 is 4.72 Å². The molecule has 0 heterocycles. The summed E-state index contributed by atoms with van der Waals surface area (Å²) in [7, 11) is -3.63. The van der Waals surface area contributed by atoms with Crippen LogP contribution in [-0.4, -0.2) is 8.42 Å². The van der Waals surface area contributed by atoms with Crippen molar-refractivity contribution in [2.75, 3.05) is 0 Å². The highest BCUT2D eigenvalue weighted by atomic mass is 32.2. The second-order valence-electron chi connectivity index (χ2n) is 6.41. The Hall–Kier alpha value is -2.09. The van der Waals surface area contributed by atoms with Gasteiger partial charge in [0.2, 0.25) is 10.0 Å². The Morgan fingerprint density at radius 1 is 0.962 bits per heavy atom. The van der Waals surface area contributed by atoms with Gasteiger partial charge in [-0.2, -0.15) is 4.72 Å². The molecule has 2 rings (SSSR count). The number of hydrogen-bond donors (Lipinski definition) is 1. The summed E-state index contributed by atoms with van der Waals surface area (Å²) in [5.74, 6) is 6.26. The molecule has 1 unspecified atom stereocenters. The van der Waals surface area contributed by atoms with Crippen molar-refractivity contribution in [3.05, 3.63) is 65.7 Å². The van der Waals surface area contributed by atoms with E-state index in [4.69, 9.17) is 0 Å². The maximum absolute atomic E-state index is 12.7. The SMILES string of the molecule is CCCCCCC#CC(NS(=O)(=O)c1ccc(C)cc1)c1ccccc1. The van der Waals surface area contributed by atoms with Crippen LogP contribution in [0.25, 0.3) is 0 Å². The molecular weight excluding hydrogens is 342 g/mol. The second kappa shape index (κ2) is 10.2. The predicted molar refractivity (Wildman–Crippen MR) is 107 cm³/mol. The third-order valence-corrected chi connectivity index (χ3v) is 5.58. The molecule has 3 nitrogen and oxygen atoms in total. The molecule has 0 aromatic heterocycles. The number of benzene rings is 2. The molecule has 0 amide bonds. The molecule has 2 aromatic carbocycles. The van der Waals surface area contributed by atoms with Crippen LogP contribution in [0.1, 0.15) is 56.2 Å². The Balaban J connectivity index is 2.16. The first-order valence-corrected chi connectivity index (χ1v) is 10.6. The number of unbranched alkanes of at least 4 members (excludes halogenated alkanes) is 4. The Labute approximate surface area is 157 Å².